The fraction of sp³-hybridized carbons (Fsp3) is 0.111. The first-order valence-electron chi connectivity index (χ1n) is 11.5. The van der Waals surface area contributed by atoms with Crippen LogP contribution in [0.2, 0.25) is 5.02 Å². The van der Waals surface area contributed by atoms with E-state index in [0.717, 1.165) is 0 Å². The summed E-state index contributed by atoms with van der Waals surface area (Å²) in [5.74, 6) is -2.29. The van der Waals surface area contributed by atoms with Gasteiger partial charge in [-0.25, -0.2) is 13.6 Å². The van der Waals surface area contributed by atoms with E-state index in [-0.39, 0.29) is 34.1 Å². The molecule has 1 atom stereocenters. The molecule has 39 heavy (non-hydrogen) atoms. The van der Waals surface area contributed by atoms with E-state index in [9.17, 15) is 23.2 Å². The molecule has 4 N–H and O–H groups in total. The Morgan fingerprint density at radius 2 is 1.74 bits per heavy atom. The number of nitrogens with one attached hydrogen (secondary N) is 4. The van der Waals surface area contributed by atoms with E-state index < -0.39 is 35.6 Å². The second kappa shape index (κ2) is 12.2. The molecular formula is C27H22ClF2N5O4. The van der Waals surface area contributed by atoms with E-state index in [4.69, 9.17) is 11.6 Å². The quantitative estimate of drug-likeness (QED) is 0.240. The Morgan fingerprint density at radius 1 is 1.00 bits per heavy atom. The third kappa shape index (κ3) is 6.96. The van der Waals surface area contributed by atoms with Crippen LogP contribution in [0.3, 0.4) is 0 Å². The third-order valence-corrected chi connectivity index (χ3v) is 5.89. The number of ether oxygens (including phenoxy) is 1. The molecule has 0 aliphatic carbocycles. The molecule has 9 nitrogen and oxygen atoms in total. The number of methoxy groups -OCH3 is 1. The summed E-state index contributed by atoms with van der Waals surface area (Å²) < 4.78 is 32.7. The fourth-order valence-corrected chi connectivity index (χ4v) is 3.85. The zero-order valence-electron chi connectivity index (χ0n) is 20.4. The van der Waals surface area contributed by atoms with E-state index in [1.54, 1.807) is 12.1 Å². The molecule has 0 aliphatic heterocycles. The molecule has 4 rings (SSSR count). The number of carbonyl (C=O) groups excluding carboxylic acids is 3. The molecule has 3 aromatic carbocycles. The van der Waals surface area contributed by atoms with Gasteiger partial charge in [0.25, 0.3) is 5.91 Å². The number of anilines is 2. The Balaban J connectivity index is 1.52. The molecule has 0 saturated heterocycles. The van der Waals surface area contributed by atoms with Crippen LogP contribution in [-0.2, 0) is 16.0 Å². The van der Waals surface area contributed by atoms with Crippen molar-refractivity contribution in [3.63, 3.8) is 0 Å². The Morgan fingerprint density at radius 3 is 2.46 bits per heavy atom. The van der Waals surface area contributed by atoms with Gasteiger partial charge in [0.15, 0.2) is 11.6 Å². The van der Waals surface area contributed by atoms with Gasteiger partial charge in [0.2, 0.25) is 5.91 Å². The van der Waals surface area contributed by atoms with Crippen LogP contribution < -0.4 is 16.0 Å². The van der Waals surface area contributed by atoms with Crippen molar-refractivity contribution in [2.24, 2.45) is 0 Å². The number of hydrogen-bond acceptors (Lipinski definition) is 5. The molecule has 0 bridgehead atoms. The number of aromatic amines is 1. The normalized spacial score (nSPS) is 11.4. The highest BCUT2D eigenvalue weighted by Crippen LogP contribution is 2.27. The smallest absolute Gasteiger partial charge is 0.411 e. The zero-order chi connectivity index (χ0) is 27.9. The van der Waals surface area contributed by atoms with Gasteiger partial charge in [0, 0.05) is 29.3 Å². The van der Waals surface area contributed by atoms with Crippen molar-refractivity contribution < 1.29 is 27.9 Å². The average Bonchev–Trinajstić information content (AvgIpc) is 3.38. The largest absolute Gasteiger partial charge is 0.453 e. The van der Waals surface area contributed by atoms with Crippen molar-refractivity contribution in [2.75, 3.05) is 17.7 Å². The predicted molar refractivity (Wildman–Crippen MR) is 141 cm³/mol. The van der Waals surface area contributed by atoms with Crippen molar-refractivity contribution in [1.82, 2.24) is 15.5 Å². The number of nitrogens with zero attached hydrogens (tertiary/aromatic N) is 1. The molecular weight excluding hydrogens is 532 g/mol. The standard InChI is InChI=1S/C27H22ClF2N5O4/c1-39-27(38)31-18-10-8-16(9-11-18)25(36)32-22(13-15-4-2-5-17(29)12-15)26(37)33-23-14-21(34-35-23)19-6-3-7-20(28)24(19)30/h2-12,14,22H,13H2,1H3,(H,31,38)(H,32,36)(H2,33,34,35,37)/t22-/m0/s1. The summed E-state index contributed by atoms with van der Waals surface area (Å²) >= 11 is 5.85. The minimum atomic E-state index is -1.13. The van der Waals surface area contributed by atoms with E-state index in [1.165, 1.54) is 67.8 Å². The van der Waals surface area contributed by atoms with E-state index in [1.807, 2.05) is 0 Å². The van der Waals surface area contributed by atoms with Crippen molar-refractivity contribution in [3.05, 3.63) is 101 Å². The highest BCUT2D eigenvalue weighted by molar-refractivity contribution is 6.31. The molecule has 1 aromatic heterocycles. The second-order valence-electron chi connectivity index (χ2n) is 8.31. The van der Waals surface area contributed by atoms with Crippen LogP contribution in [0.25, 0.3) is 11.3 Å². The summed E-state index contributed by atoms with van der Waals surface area (Å²) in [6, 6.07) is 16.3. The Labute approximate surface area is 226 Å². The predicted octanol–water partition coefficient (Wildman–Crippen LogP) is 5.17. The van der Waals surface area contributed by atoms with Gasteiger partial charge in [-0.3, -0.25) is 20.0 Å². The Hall–Kier alpha value is -4.77. The molecule has 4 aromatic rings. The first kappa shape index (κ1) is 27.3. The van der Waals surface area contributed by atoms with E-state index >= 15 is 0 Å². The number of rotatable bonds is 8. The molecule has 0 saturated carbocycles. The number of amides is 3. The molecule has 12 heteroatoms. The third-order valence-electron chi connectivity index (χ3n) is 5.60. The van der Waals surface area contributed by atoms with E-state index in [2.05, 4.69) is 30.9 Å². The molecule has 0 spiro atoms. The van der Waals surface area contributed by atoms with Gasteiger partial charge in [-0.15, -0.1) is 0 Å². The number of H-pyrrole nitrogens is 1. The Kier molecular flexibility index (Phi) is 8.52. The van der Waals surface area contributed by atoms with Crippen LogP contribution in [0.5, 0.6) is 0 Å². The lowest BCUT2D eigenvalue weighted by atomic mass is 10.0. The van der Waals surface area contributed by atoms with Crippen LogP contribution >= 0.6 is 11.6 Å². The number of carbonyl (C=O) groups is 3. The lowest BCUT2D eigenvalue weighted by Crippen LogP contribution is -2.45. The summed E-state index contributed by atoms with van der Waals surface area (Å²) in [6.45, 7) is 0. The van der Waals surface area contributed by atoms with Gasteiger partial charge < -0.3 is 15.4 Å². The zero-order valence-corrected chi connectivity index (χ0v) is 21.2. The van der Waals surface area contributed by atoms with Crippen molar-refractivity contribution in [1.29, 1.82) is 0 Å². The van der Waals surface area contributed by atoms with Crippen LogP contribution in [0.4, 0.5) is 25.1 Å². The minimum Gasteiger partial charge on any atom is -0.453 e. The summed E-state index contributed by atoms with van der Waals surface area (Å²) in [6.07, 6.45) is -0.698. The van der Waals surface area contributed by atoms with E-state index in [0.29, 0.717) is 11.3 Å². The number of halogens is 3. The highest BCUT2D eigenvalue weighted by atomic mass is 35.5. The van der Waals surface area contributed by atoms with Crippen molar-refractivity contribution in [3.8, 4) is 11.3 Å². The van der Waals surface area contributed by atoms with Gasteiger partial charge >= 0.3 is 6.09 Å². The SMILES string of the molecule is COC(=O)Nc1ccc(C(=O)N[C@@H](Cc2cccc(F)c2)C(=O)Nc2cc(-c3cccc(Cl)c3F)[nH]n2)cc1. The summed E-state index contributed by atoms with van der Waals surface area (Å²) in [7, 11) is 1.22. The molecule has 200 valence electrons. The molecule has 0 unspecified atom stereocenters. The average molecular weight is 554 g/mol. The number of benzene rings is 3. The van der Waals surface area contributed by atoms with Gasteiger partial charge in [-0.1, -0.05) is 29.8 Å². The molecule has 1 heterocycles. The maximum absolute atomic E-state index is 14.4. The monoisotopic (exact) mass is 553 g/mol. The lowest BCUT2D eigenvalue weighted by molar-refractivity contribution is -0.118. The number of aromatic nitrogens is 2. The topological polar surface area (TPSA) is 125 Å². The fourth-order valence-electron chi connectivity index (χ4n) is 3.67. The number of hydrogen-bond donors (Lipinski definition) is 4. The summed E-state index contributed by atoms with van der Waals surface area (Å²) in [5, 5.41) is 14.3. The highest BCUT2D eigenvalue weighted by Gasteiger charge is 2.24. The van der Waals surface area contributed by atoms with Gasteiger partial charge in [-0.2, -0.15) is 5.10 Å². The van der Waals surface area contributed by atoms with Gasteiger partial charge in [-0.05, 0) is 54.1 Å². The maximum Gasteiger partial charge on any atom is 0.411 e. The maximum atomic E-state index is 14.4. The lowest BCUT2D eigenvalue weighted by Gasteiger charge is -2.18. The second-order valence-corrected chi connectivity index (χ2v) is 8.72. The van der Waals surface area contributed by atoms with Crippen LogP contribution in [0.15, 0.2) is 72.8 Å². The first-order valence-corrected chi connectivity index (χ1v) is 11.9. The molecule has 0 fully saturated rings. The first-order chi connectivity index (χ1) is 18.7. The van der Waals surface area contributed by atoms with Crippen LogP contribution in [0.1, 0.15) is 15.9 Å². The van der Waals surface area contributed by atoms with Gasteiger partial charge in [0.05, 0.1) is 17.8 Å². The molecule has 3 amide bonds. The summed E-state index contributed by atoms with van der Waals surface area (Å²) in [4.78, 5) is 37.5. The van der Waals surface area contributed by atoms with Crippen LogP contribution in [0, 0.1) is 11.6 Å². The Bertz CT molecular complexity index is 1510. The van der Waals surface area contributed by atoms with Gasteiger partial charge in [0.1, 0.15) is 11.9 Å². The van der Waals surface area contributed by atoms with Crippen molar-refractivity contribution in [2.45, 2.75) is 12.5 Å². The minimum absolute atomic E-state index is 0.0302. The van der Waals surface area contributed by atoms with Crippen LogP contribution in [-0.4, -0.2) is 41.3 Å². The summed E-state index contributed by atoms with van der Waals surface area (Å²) in [5.41, 5.74) is 1.51. The molecule has 0 aliphatic rings. The van der Waals surface area contributed by atoms with Crippen molar-refractivity contribution >= 4 is 41.0 Å². The molecule has 0 radical (unpaired) electrons.